The lowest BCUT2D eigenvalue weighted by molar-refractivity contribution is -0.137. The van der Waals surface area contributed by atoms with E-state index in [1.165, 1.54) is 32.0 Å². The Morgan fingerprint density at radius 1 is 1.19 bits per heavy atom. The van der Waals surface area contributed by atoms with Crippen molar-refractivity contribution >= 4 is 28.6 Å². The molecule has 4 rings (SSSR count). The molecule has 0 aliphatic carbocycles. The van der Waals surface area contributed by atoms with Crippen LogP contribution in [0.15, 0.2) is 58.3 Å². The molecule has 2 heterocycles. The molecule has 0 spiro atoms. The maximum absolute atomic E-state index is 11.4. The number of aryl methyl sites for hydroxylation is 1. The number of aliphatic carboxylic acids is 1. The van der Waals surface area contributed by atoms with E-state index in [2.05, 4.69) is 60.9 Å². The second-order valence-electron chi connectivity index (χ2n) is 7.26. The van der Waals surface area contributed by atoms with Crippen LogP contribution in [-0.2, 0) is 11.3 Å². The Kier molecular flexibility index (Phi) is 4.53. The van der Waals surface area contributed by atoms with Gasteiger partial charge in [-0.15, -0.1) is 0 Å². The summed E-state index contributed by atoms with van der Waals surface area (Å²) in [4.78, 5) is 13.9. The maximum Gasteiger partial charge on any atom is 0.304 e. The molecule has 0 bridgehead atoms. The predicted molar refractivity (Wildman–Crippen MR) is 106 cm³/mol. The monoisotopic (exact) mass is 365 g/mol. The lowest BCUT2D eigenvalue weighted by Gasteiger charge is -2.13. The van der Waals surface area contributed by atoms with Gasteiger partial charge in [0.2, 0.25) is 0 Å². The topological polar surface area (TPSA) is 42.2 Å². The van der Waals surface area contributed by atoms with Gasteiger partial charge in [-0.1, -0.05) is 55.9 Å². The van der Waals surface area contributed by atoms with Crippen molar-refractivity contribution in [1.29, 1.82) is 0 Å². The van der Waals surface area contributed by atoms with Crippen molar-refractivity contribution in [3.63, 3.8) is 0 Å². The first-order chi connectivity index (χ1) is 12.6. The molecule has 1 aromatic heterocycles. The summed E-state index contributed by atoms with van der Waals surface area (Å²) in [5.41, 5.74) is 3.80. The van der Waals surface area contributed by atoms with Crippen molar-refractivity contribution < 1.29 is 9.90 Å². The van der Waals surface area contributed by atoms with Crippen LogP contribution < -0.4 is 0 Å². The van der Waals surface area contributed by atoms with E-state index in [0.717, 1.165) is 13.0 Å². The first kappa shape index (κ1) is 17.2. The van der Waals surface area contributed by atoms with Crippen LogP contribution in [0.2, 0.25) is 0 Å². The van der Waals surface area contributed by atoms with Gasteiger partial charge < -0.3 is 9.67 Å². The normalized spacial score (nSPS) is 16.3. The Morgan fingerprint density at radius 2 is 1.96 bits per heavy atom. The number of nitrogens with zero attached hydrogens (tertiary/aromatic N) is 1. The zero-order chi connectivity index (χ0) is 18.3. The first-order valence-corrected chi connectivity index (χ1v) is 9.97. The number of carboxylic acid groups (broad SMARTS) is 1. The van der Waals surface area contributed by atoms with Crippen molar-refractivity contribution in [2.75, 3.05) is 0 Å². The largest absolute Gasteiger partial charge is 0.481 e. The first-order valence-electron chi connectivity index (χ1n) is 9.16. The third kappa shape index (κ3) is 2.92. The Balaban J connectivity index is 1.95. The van der Waals surface area contributed by atoms with Crippen LogP contribution in [0, 0.1) is 0 Å². The molecule has 0 saturated heterocycles. The summed E-state index contributed by atoms with van der Waals surface area (Å²) in [7, 11) is 0. The predicted octanol–water partition coefficient (Wildman–Crippen LogP) is 5.88. The quantitative estimate of drug-likeness (QED) is 0.614. The minimum Gasteiger partial charge on any atom is -0.481 e. The Bertz CT molecular complexity index is 959. The molecule has 1 unspecified atom stereocenters. The standard InChI is InChI=1S/C22H23NO2S/c1-14(2)17-9-6-10-18-20(17)22(26-16-7-4-3-5-8-16)21-15(13-19(24)25)11-12-23(18)21/h3-10,14-15H,11-13H2,1-2H3,(H,24,25). The minimum atomic E-state index is -0.714. The molecule has 0 radical (unpaired) electrons. The van der Waals surface area contributed by atoms with Crippen LogP contribution in [-0.4, -0.2) is 15.6 Å². The van der Waals surface area contributed by atoms with Gasteiger partial charge in [0.1, 0.15) is 0 Å². The second kappa shape index (κ2) is 6.84. The number of hydrogen-bond acceptors (Lipinski definition) is 2. The molecule has 0 saturated carbocycles. The van der Waals surface area contributed by atoms with Gasteiger partial charge in [-0.3, -0.25) is 4.79 Å². The van der Waals surface area contributed by atoms with Gasteiger partial charge in [0.15, 0.2) is 0 Å². The smallest absolute Gasteiger partial charge is 0.304 e. The zero-order valence-electron chi connectivity index (χ0n) is 15.1. The van der Waals surface area contributed by atoms with Crippen LogP contribution in [0.5, 0.6) is 0 Å². The van der Waals surface area contributed by atoms with E-state index in [9.17, 15) is 9.90 Å². The highest BCUT2D eigenvalue weighted by atomic mass is 32.2. The fourth-order valence-corrected chi connectivity index (χ4v) is 5.31. The molecule has 4 heteroatoms. The van der Waals surface area contributed by atoms with E-state index in [-0.39, 0.29) is 12.3 Å². The van der Waals surface area contributed by atoms with Crippen molar-refractivity contribution in [1.82, 2.24) is 4.57 Å². The molecular weight excluding hydrogens is 342 g/mol. The lowest BCUT2D eigenvalue weighted by Crippen LogP contribution is -2.04. The minimum absolute atomic E-state index is 0.0890. The molecule has 0 amide bonds. The Labute approximate surface area is 158 Å². The van der Waals surface area contributed by atoms with E-state index < -0.39 is 5.97 Å². The van der Waals surface area contributed by atoms with Gasteiger partial charge in [-0.05, 0) is 36.1 Å². The molecule has 2 aromatic carbocycles. The lowest BCUT2D eigenvalue weighted by atomic mass is 9.96. The molecule has 1 aliphatic heterocycles. The molecule has 3 aromatic rings. The highest BCUT2D eigenvalue weighted by Gasteiger charge is 2.32. The molecule has 134 valence electrons. The number of aromatic nitrogens is 1. The number of rotatable bonds is 5. The van der Waals surface area contributed by atoms with Gasteiger partial charge >= 0.3 is 5.97 Å². The molecule has 1 aliphatic rings. The van der Waals surface area contributed by atoms with Crippen molar-refractivity contribution in [3.8, 4) is 0 Å². The van der Waals surface area contributed by atoms with Gasteiger partial charge in [0, 0.05) is 38.9 Å². The van der Waals surface area contributed by atoms with Crippen LogP contribution in [0.25, 0.3) is 10.9 Å². The van der Waals surface area contributed by atoms with Crippen LogP contribution >= 0.6 is 11.8 Å². The number of hydrogen-bond donors (Lipinski definition) is 1. The fraction of sp³-hybridized carbons (Fsp3) is 0.318. The van der Waals surface area contributed by atoms with E-state index in [0.29, 0.717) is 5.92 Å². The summed E-state index contributed by atoms with van der Waals surface area (Å²) in [6, 6.07) is 16.9. The molecule has 3 nitrogen and oxygen atoms in total. The third-order valence-corrected chi connectivity index (χ3v) is 6.34. The number of fused-ring (bicyclic) bond motifs is 3. The average molecular weight is 365 g/mol. The number of carbonyl (C=O) groups is 1. The summed E-state index contributed by atoms with van der Waals surface area (Å²) < 4.78 is 2.36. The van der Waals surface area contributed by atoms with E-state index in [4.69, 9.17) is 0 Å². The van der Waals surface area contributed by atoms with Crippen LogP contribution in [0.3, 0.4) is 0 Å². The van der Waals surface area contributed by atoms with Gasteiger partial charge in [0.25, 0.3) is 0 Å². The molecule has 0 fully saturated rings. The molecule has 26 heavy (non-hydrogen) atoms. The molecular formula is C22H23NO2S. The fourth-order valence-electron chi connectivity index (χ4n) is 4.08. The second-order valence-corrected chi connectivity index (χ2v) is 8.34. The summed E-state index contributed by atoms with van der Waals surface area (Å²) in [5.74, 6) is -0.200. The van der Waals surface area contributed by atoms with Crippen LogP contribution in [0.4, 0.5) is 0 Å². The SMILES string of the molecule is CC(C)c1cccc2c1c(Sc1ccccc1)c1n2CCC1CC(=O)O. The highest BCUT2D eigenvalue weighted by molar-refractivity contribution is 7.99. The summed E-state index contributed by atoms with van der Waals surface area (Å²) >= 11 is 1.78. The van der Waals surface area contributed by atoms with E-state index in [1.54, 1.807) is 11.8 Å². The molecule has 1 N–H and O–H groups in total. The zero-order valence-corrected chi connectivity index (χ0v) is 15.9. The average Bonchev–Trinajstić information content (AvgIpc) is 3.15. The summed E-state index contributed by atoms with van der Waals surface area (Å²) in [5, 5.41) is 10.7. The highest BCUT2D eigenvalue weighted by Crippen LogP contribution is 2.48. The summed E-state index contributed by atoms with van der Waals surface area (Å²) in [6.45, 7) is 5.35. The van der Waals surface area contributed by atoms with E-state index >= 15 is 0 Å². The van der Waals surface area contributed by atoms with Crippen molar-refractivity contribution in [2.24, 2.45) is 0 Å². The van der Waals surface area contributed by atoms with Crippen molar-refractivity contribution in [2.45, 2.75) is 54.9 Å². The number of benzene rings is 2. The maximum atomic E-state index is 11.4. The van der Waals surface area contributed by atoms with E-state index in [1.807, 2.05) is 6.07 Å². The Morgan fingerprint density at radius 3 is 2.65 bits per heavy atom. The molecule has 1 atom stereocenters. The summed E-state index contributed by atoms with van der Waals surface area (Å²) in [6.07, 6.45) is 1.11. The van der Waals surface area contributed by atoms with Crippen LogP contribution in [0.1, 0.15) is 49.8 Å². The van der Waals surface area contributed by atoms with Gasteiger partial charge in [-0.25, -0.2) is 0 Å². The van der Waals surface area contributed by atoms with Gasteiger partial charge in [-0.2, -0.15) is 0 Å². The number of carboxylic acids is 1. The van der Waals surface area contributed by atoms with Crippen molar-refractivity contribution in [3.05, 3.63) is 59.8 Å². The third-order valence-electron chi connectivity index (χ3n) is 5.21. The van der Waals surface area contributed by atoms with Gasteiger partial charge in [0.05, 0.1) is 6.42 Å². The Hall–Kier alpha value is -2.20.